The third kappa shape index (κ3) is 7.12. The maximum atomic E-state index is 11.8. The van der Waals surface area contributed by atoms with E-state index in [-0.39, 0.29) is 29.6 Å². The Kier molecular flexibility index (Phi) is 9.07. The number of hydrogen-bond donors (Lipinski definition) is 2. The van der Waals surface area contributed by atoms with Crippen molar-refractivity contribution in [2.24, 2.45) is 0 Å². The fraction of sp³-hybridized carbons (Fsp3) is 0.471. The Labute approximate surface area is 150 Å². The summed E-state index contributed by atoms with van der Waals surface area (Å²) in [7, 11) is 0. The Bertz CT molecular complexity index is 560. The van der Waals surface area contributed by atoms with Gasteiger partial charge in [-0.05, 0) is 37.6 Å². The molecule has 7 heteroatoms. The zero-order chi connectivity index (χ0) is 17.9. The molecule has 1 atom stereocenters. The number of rotatable bonds is 9. The van der Waals surface area contributed by atoms with Gasteiger partial charge in [0.1, 0.15) is 0 Å². The molecule has 0 saturated heterocycles. The molecule has 0 aliphatic heterocycles. The minimum atomic E-state index is -0.394. The highest BCUT2D eigenvalue weighted by molar-refractivity contribution is 9.10. The van der Waals surface area contributed by atoms with Crippen molar-refractivity contribution < 1.29 is 19.1 Å². The third-order valence-corrected chi connectivity index (χ3v) is 4.03. The summed E-state index contributed by atoms with van der Waals surface area (Å²) in [5, 5.41) is 5.43. The number of esters is 1. The van der Waals surface area contributed by atoms with Crippen LogP contribution in [0, 0.1) is 0 Å². The van der Waals surface area contributed by atoms with Gasteiger partial charge in [-0.2, -0.15) is 0 Å². The summed E-state index contributed by atoms with van der Waals surface area (Å²) in [4.78, 5) is 34.8. The van der Waals surface area contributed by atoms with E-state index in [2.05, 4.69) is 26.6 Å². The van der Waals surface area contributed by atoms with Gasteiger partial charge in [-0.3, -0.25) is 9.59 Å². The molecule has 1 aromatic rings. The van der Waals surface area contributed by atoms with Crippen molar-refractivity contribution in [1.29, 1.82) is 0 Å². The molecule has 1 rings (SSSR count). The highest BCUT2D eigenvalue weighted by atomic mass is 79.9. The molecule has 1 aromatic carbocycles. The fourth-order valence-electron chi connectivity index (χ4n) is 1.92. The Balaban J connectivity index is 2.37. The van der Waals surface area contributed by atoms with Crippen LogP contribution in [0.5, 0.6) is 0 Å². The van der Waals surface area contributed by atoms with Crippen LogP contribution < -0.4 is 10.6 Å². The van der Waals surface area contributed by atoms with Crippen molar-refractivity contribution >= 4 is 39.4 Å². The van der Waals surface area contributed by atoms with Crippen LogP contribution in [0.2, 0.25) is 0 Å². The van der Waals surface area contributed by atoms with Gasteiger partial charge in [0.2, 0.25) is 11.8 Å². The predicted octanol–water partition coefficient (Wildman–Crippen LogP) is 2.87. The molecule has 2 amide bonds. The van der Waals surface area contributed by atoms with Crippen LogP contribution in [0.25, 0.3) is 0 Å². The second kappa shape index (κ2) is 10.8. The average molecular weight is 399 g/mol. The number of carbonyl (C=O) groups excluding carboxylic acids is 3. The zero-order valence-electron chi connectivity index (χ0n) is 13.9. The highest BCUT2D eigenvalue weighted by Gasteiger charge is 2.13. The molecule has 6 nitrogen and oxygen atoms in total. The first-order valence-corrected chi connectivity index (χ1v) is 8.88. The average Bonchev–Trinajstić information content (AvgIpc) is 2.55. The van der Waals surface area contributed by atoms with E-state index in [9.17, 15) is 14.4 Å². The molecule has 0 saturated carbocycles. The van der Waals surface area contributed by atoms with Crippen LogP contribution in [0.15, 0.2) is 24.3 Å². The van der Waals surface area contributed by atoms with Gasteiger partial charge in [0.25, 0.3) is 0 Å². The van der Waals surface area contributed by atoms with Crippen LogP contribution in [-0.2, 0) is 14.3 Å². The summed E-state index contributed by atoms with van der Waals surface area (Å²) >= 11 is 3.30. The SMILES string of the molecule is CCC[C@H](Br)C(=O)NCCC(=O)Nc1ccc(C(=O)OCC)cc1. The standard InChI is InChI=1S/C17H23BrN2O4/c1-3-5-14(18)16(22)19-11-10-15(21)20-13-8-6-12(7-9-13)17(23)24-4-2/h6-9,14H,3-5,10-11H2,1-2H3,(H,19,22)(H,20,21)/t14-/m0/s1. The summed E-state index contributed by atoms with van der Waals surface area (Å²) in [6, 6.07) is 6.46. The maximum absolute atomic E-state index is 11.8. The number of hydrogen-bond acceptors (Lipinski definition) is 4. The molecule has 0 spiro atoms. The topological polar surface area (TPSA) is 84.5 Å². The number of benzene rings is 1. The summed E-state index contributed by atoms with van der Waals surface area (Å²) < 4.78 is 4.89. The van der Waals surface area contributed by atoms with E-state index in [1.165, 1.54) is 0 Å². The lowest BCUT2D eigenvalue weighted by Gasteiger charge is -2.10. The first kappa shape index (κ1) is 20.2. The lowest BCUT2D eigenvalue weighted by atomic mass is 10.2. The van der Waals surface area contributed by atoms with Gasteiger partial charge in [-0.1, -0.05) is 29.3 Å². The van der Waals surface area contributed by atoms with Gasteiger partial charge in [0, 0.05) is 18.7 Å². The van der Waals surface area contributed by atoms with Crippen molar-refractivity contribution in [3.63, 3.8) is 0 Å². The van der Waals surface area contributed by atoms with Gasteiger partial charge in [-0.15, -0.1) is 0 Å². The molecule has 24 heavy (non-hydrogen) atoms. The molecule has 0 fully saturated rings. The quantitative estimate of drug-likeness (QED) is 0.494. The Hall–Kier alpha value is -1.89. The van der Waals surface area contributed by atoms with Crippen LogP contribution in [-0.4, -0.2) is 35.8 Å². The van der Waals surface area contributed by atoms with E-state index in [0.29, 0.717) is 17.9 Å². The van der Waals surface area contributed by atoms with E-state index in [4.69, 9.17) is 4.74 Å². The summed E-state index contributed by atoms with van der Waals surface area (Å²) in [5.41, 5.74) is 1.02. The Morgan fingerprint density at radius 3 is 2.42 bits per heavy atom. The van der Waals surface area contributed by atoms with Gasteiger partial charge < -0.3 is 15.4 Å². The molecule has 0 bridgehead atoms. The molecule has 0 radical (unpaired) electrons. The maximum Gasteiger partial charge on any atom is 0.338 e. The van der Waals surface area contributed by atoms with Crippen LogP contribution in [0.4, 0.5) is 5.69 Å². The monoisotopic (exact) mass is 398 g/mol. The number of nitrogens with one attached hydrogen (secondary N) is 2. The lowest BCUT2D eigenvalue weighted by Crippen LogP contribution is -2.33. The molecular weight excluding hydrogens is 376 g/mol. The summed E-state index contributed by atoms with van der Waals surface area (Å²) in [6.07, 6.45) is 1.84. The zero-order valence-corrected chi connectivity index (χ0v) is 15.5. The second-order valence-corrected chi connectivity index (χ2v) is 6.25. The molecular formula is C17H23BrN2O4. The van der Waals surface area contributed by atoms with Crippen LogP contribution >= 0.6 is 15.9 Å². The minimum absolute atomic E-state index is 0.108. The number of ether oxygens (including phenoxy) is 1. The molecule has 0 aromatic heterocycles. The molecule has 0 aliphatic carbocycles. The van der Waals surface area contributed by atoms with Crippen LogP contribution in [0.3, 0.4) is 0 Å². The second-order valence-electron chi connectivity index (χ2n) is 5.14. The predicted molar refractivity (Wildman–Crippen MR) is 96.3 cm³/mol. The van der Waals surface area contributed by atoms with Crippen molar-refractivity contribution in [2.75, 3.05) is 18.5 Å². The van der Waals surface area contributed by atoms with Gasteiger partial charge in [0.15, 0.2) is 0 Å². The number of alkyl halides is 1. The van der Waals surface area contributed by atoms with Crippen LogP contribution in [0.1, 0.15) is 43.5 Å². The number of halogens is 1. The van der Waals surface area contributed by atoms with Crippen molar-refractivity contribution in [3.8, 4) is 0 Å². The Morgan fingerprint density at radius 1 is 1.17 bits per heavy atom. The van der Waals surface area contributed by atoms with E-state index >= 15 is 0 Å². The molecule has 0 unspecified atom stereocenters. The summed E-state index contributed by atoms with van der Waals surface area (Å²) in [5.74, 6) is -0.710. The van der Waals surface area contributed by atoms with Gasteiger partial charge >= 0.3 is 5.97 Å². The molecule has 132 valence electrons. The number of amides is 2. The largest absolute Gasteiger partial charge is 0.462 e. The van der Waals surface area contributed by atoms with E-state index < -0.39 is 5.97 Å². The lowest BCUT2D eigenvalue weighted by molar-refractivity contribution is -0.120. The van der Waals surface area contributed by atoms with E-state index in [1.807, 2.05) is 6.92 Å². The van der Waals surface area contributed by atoms with Gasteiger partial charge in [-0.25, -0.2) is 4.79 Å². The minimum Gasteiger partial charge on any atom is -0.462 e. The van der Waals surface area contributed by atoms with E-state index in [0.717, 1.165) is 12.8 Å². The first-order valence-electron chi connectivity index (χ1n) is 7.96. The van der Waals surface area contributed by atoms with Crippen molar-refractivity contribution in [2.45, 2.75) is 37.9 Å². The summed E-state index contributed by atoms with van der Waals surface area (Å²) in [6.45, 7) is 4.33. The van der Waals surface area contributed by atoms with Crippen molar-refractivity contribution in [1.82, 2.24) is 5.32 Å². The van der Waals surface area contributed by atoms with E-state index in [1.54, 1.807) is 31.2 Å². The smallest absolute Gasteiger partial charge is 0.338 e. The van der Waals surface area contributed by atoms with Gasteiger partial charge in [0.05, 0.1) is 17.0 Å². The van der Waals surface area contributed by atoms with Crippen molar-refractivity contribution in [3.05, 3.63) is 29.8 Å². The number of anilines is 1. The fourth-order valence-corrected chi connectivity index (χ4v) is 2.54. The third-order valence-electron chi connectivity index (χ3n) is 3.16. The Morgan fingerprint density at radius 2 is 1.83 bits per heavy atom. The molecule has 2 N–H and O–H groups in total. The highest BCUT2D eigenvalue weighted by Crippen LogP contribution is 2.11. The number of carbonyl (C=O) groups is 3. The normalized spacial score (nSPS) is 11.5. The first-order chi connectivity index (χ1) is 11.5. The molecule has 0 heterocycles. The molecule has 0 aliphatic rings.